The third-order valence-electron chi connectivity index (χ3n) is 4.26. The summed E-state index contributed by atoms with van der Waals surface area (Å²) in [5.74, 6) is -0.166. The highest BCUT2D eigenvalue weighted by Gasteiger charge is 2.35. The number of carbonyl (C=O) groups is 2. The highest BCUT2D eigenvalue weighted by Crippen LogP contribution is 2.30. The predicted molar refractivity (Wildman–Crippen MR) is 98.3 cm³/mol. The van der Waals surface area contributed by atoms with E-state index in [1.54, 1.807) is 23.1 Å². The van der Waals surface area contributed by atoms with Crippen molar-refractivity contribution in [3.8, 4) is 5.75 Å². The Morgan fingerprint density at radius 1 is 1.24 bits per heavy atom. The van der Waals surface area contributed by atoms with Gasteiger partial charge in [0.2, 0.25) is 11.8 Å². The summed E-state index contributed by atoms with van der Waals surface area (Å²) < 4.78 is 5.24. The standard InChI is InChI=1S/C19H19ClN2O3/c1-12-3-6-15(7-4-12)22-11-13(9-18(22)23)19(24)21-16-10-14(20)5-8-17(16)25-2/h3-8,10,13H,9,11H2,1-2H3,(H,21,24). The van der Waals surface area contributed by atoms with Crippen molar-refractivity contribution in [2.24, 2.45) is 5.92 Å². The Morgan fingerprint density at radius 3 is 2.64 bits per heavy atom. The van der Waals surface area contributed by atoms with Gasteiger partial charge in [-0.15, -0.1) is 0 Å². The number of ether oxygens (including phenoxy) is 1. The molecule has 1 saturated heterocycles. The van der Waals surface area contributed by atoms with E-state index in [1.807, 2.05) is 31.2 Å². The van der Waals surface area contributed by atoms with Crippen LogP contribution in [-0.2, 0) is 9.59 Å². The zero-order chi connectivity index (χ0) is 18.0. The summed E-state index contributed by atoms with van der Waals surface area (Å²) in [5.41, 5.74) is 2.44. The normalized spacial score (nSPS) is 16.8. The molecule has 1 heterocycles. The topological polar surface area (TPSA) is 58.6 Å². The van der Waals surface area contributed by atoms with Gasteiger partial charge in [-0.05, 0) is 37.3 Å². The van der Waals surface area contributed by atoms with Gasteiger partial charge in [0.25, 0.3) is 0 Å². The Balaban J connectivity index is 1.73. The van der Waals surface area contributed by atoms with Gasteiger partial charge in [-0.1, -0.05) is 29.3 Å². The molecular weight excluding hydrogens is 340 g/mol. The van der Waals surface area contributed by atoms with E-state index in [0.717, 1.165) is 11.3 Å². The second-order valence-electron chi connectivity index (χ2n) is 6.07. The third kappa shape index (κ3) is 3.77. The summed E-state index contributed by atoms with van der Waals surface area (Å²) in [7, 11) is 1.52. The molecule has 1 unspecified atom stereocenters. The first-order valence-electron chi connectivity index (χ1n) is 7.99. The summed E-state index contributed by atoms with van der Waals surface area (Å²) >= 11 is 5.99. The van der Waals surface area contributed by atoms with Crippen LogP contribution in [0.15, 0.2) is 42.5 Å². The van der Waals surface area contributed by atoms with Crippen molar-refractivity contribution in [1.82, 2.24) is 0 Å². The van der Waals surface area contributed by atoms with E-state index in [4.69, 9.17) is 16.3 Å². The van der Waals surface area contributed by atoms with Crippen LogP contribution in [0.25, 0.3) is 0 Å². The molecule has 1 fully saturated rings. The lowest BCUT2D eigenvalue weighted by molar-refractivity contribution is -0.122. The monoisotopic (exact) mass is 358 g/mol. The molecule has 0 spiro atoms. The average molecular weight is 359 g/mol. The fourth-order valence-corrected chi connectivity index (χ4v) is 3.04. The predicted octanol–water partition coefficient (Wildman–Crippen LogP) is 3.65. The molecule has 1 aliphatic heterocycles. The maximum atomic E-state index is 12.6. The molecule has 0 bridgehead atoms. The van der Waals surface area contributed by atoms with Crippen molar-refractivity contribution in [3.63, 3.8) is 0 Å². The molecule has 6 heteroatoms. The second kappa shape index (κ2) is 7.15. The number of hydrogen-bond donors (Lipinski definition) is 1. The van der Waals surface area contributed by atoms with Crippen molar-refractivity contribution in [3.05, 3.63) is 53.1 Å². The smallest absolute Gasteiger partial charge is 0.229 e. The lowest BCUT2D eigenvalue weighted by Crippen LogP contribution is -2.28. The Kier molecular flexibility index (Phi) is 4.95. The summed E-state index contributed by atoms with van der Waals surface area (Å²) in [6.45, 7) is 2.35. The number of hydrogen-bond acceptors (Lipinski definition) is 3. The maximum absolute atomic E-state index is 12.6. The Morgan fingerprint density at radius 2 is 1.96 bits per heavy atom. The molecule has 2 aromatic carbocycles. The number of carbonyl (C=O) groups excluding carboxylic acids is 2. The molecule has 130 valence electrons. The van der Waals surface area contributed by atoms with Gasteiger partial charge in [0, 0.05) is 23.7 Å². The van der Waals surface area contributed by atoms with Gasteiger partial charge in [-0.3, -0.25) is 9.59 Å². The molecule has 0 aliphatic carbocycles. The summed E-state index contributed by atoms with van der Waals surface area (Å²) in [6.07, 6.45) is 0.183. The van der Waals surface area contributed by atoms with Crippen LogP contribution in [0.2, 0.25) is 5.02 Å². The number of amides is 2. The zero-order valence-corrected chi connectivity index (χ0v) is 14.8. The lowest BCUT2D eigenvalue weighted by Gasteiger charge is -2.17. The molecule has 1 N–H and O–H groups in total. The van der Waals surface area contributed by atoms with Crippen LogP contribution in [0.4, 0.5) is 11.4 Å². The van der Waals surface area contributed by atoms with Crippen LogP contribution >= 0.6 is 11.6 Å². The summed E-state index contributed by atoms with van der Waals surface area (Å²) in [4.78, 5) is 26.5. The minimum Gasteiger partial charge on any atom is -0.495 e. The van der Waals surface area contributed by atoms with Crippen molar-refractivity contribution < 1.29 is 14.3 Å². The van der Waals surface area contributed by atoms with Gasteiger partial charge in [0.05, 0.1) is 18.7 Å². The van der Waals surface area contributed by atoms with E-state index in [-0.39, 0.29) is 18.2 Å². The SMILES string of the molecule is COc1ccc(Cl)cc1NC(=O)C1CC(=O)N(c2ccc(C)cc2)C1. The minimum absolute atomic E-state index is 0.0536. The van der Waals surface area contributed by atoms with Crippen molar-refractivity contribution in [2.45, 2.75) is 13.3 Å². The first-order valence-corrected chi connectivity index (χ1v) is 8.37. The number of methoxy groups -OCH3 is 1. The van der Waals surface area contributed by atoms with Gasteiger partial charge >= 0.3 is 0 Å². The number of rotatable bonds is 4. The largest absolute Gasteiger partial charge is 0.495 e. The molecule has 0 radical (unpaired) electrons. The first-order chi connectivity index (χ1) is 12.0. The van der Waals surface area contributed by atoms with Gasteiger partial charge in [-0.25, -0.2) is 0 Å². The molecule has 2 amide bonds. The Hall–Kier alpha value is -2.53. The first kappa shape index (κ1) is 17.3. The van der Waals surface area contributed by atoms with Crippen molar-refractivity contribution in [1.29, 1.82) is 0 Å². The fraction of sp³-hybridized carbons (Fsp3) is 0.263. The van der Waals surface area contributed by atoms with Gasteiger partial charge in [0.15, 0.2) is 0 Å². The Bertz CT molecular complexity index is 805. The van der Waals surface area contributed by atoms with E-state index >= 15 is 0 Å². The number of anilines is 2. The van der Waals surface area contributed by atoms with Crippen LogP contribution in [0.1, 0.15) is 12.0 Å². The summed E-state index contributed by atoms with van der Waals surface area (Å²) in [6, 6.07) is 12.7. The molecule has 0 aromatic heterocycles. The van der Waals surface area contributed by atoms with E-state index in [1.165, 1.54) is 7.11 Å². The third-order valence-corrected chi connectivity index (χ3v) is 4.50. The van der Waals surface area contributed by atoms with E-state index in [9.17, 15) is 9.59 Å². The summed E-state index contributed by atoms with van der Waals surface area (Å²) in [5, 5.41) is 3.32. The van der Waals surface area contributed by atoms with Crippen molar-refractivity contribution >= 4 is 34.8 Å². The molecule has 1 aliphatic rings. The molecule has 0 saturated carbocycles. The van der Waals surface area contributed by atoms with Crippen LogP contribution in [0.3, 0.4) is 0 Å². The quantitative estimate of drug-likeness (QED) is 0.907. The highest BCUT2D eigenvalue weighted by atomic mass is 35.5. The van der Waals surface area contributed by atoms with E-state index in [2.05, 4.69) is 5.32 Å². The zero-order valence-electron chi connectivity index (χ0n) is 14.1. The maximum Gasteiger partial charge on any atom is 0.229 e. The van der Waals surface area contributed by atoms with Gasteiger partial charge < -0.3 is 15.0 Å². The lowest BCUT2D eigenvalue weighted by atomic mass is 10.1. The average Bonchev–Trinajstić information content (AvgIpc) is 2.98. The van der Waals surface area contributed by atoms with Crippen molar-refractivity contribution in [2.75, 3.05) is 23.9 Å². The Labute approximate surface area is 151 Å². The molecule has 3 rings (SSSR count). The molecule has 2 aromatic rings. The van der Waals surface area contributed by atoms with Gasteiger partial charge in [-0.2, -0.15) is 0 Å². The highest BCUT2D eigenvalue weighted by molar-refractivity contribution is 6.31. The van der Waals surface area contributed by atoms with Crippen LogP contribution in [-0.4, -0.2) is 25.5 Å². The van der Waals surface area contributed by atoms with Crippen LogP contribution < -0.4 is 15.0 Å². The van der Waals surface area contributed by atoms with Crippen LogP contribution in [0, 0.1) is 12.8 Å². The fourth-order valence-electron chi connectivity index (χ4n) is 2.87. The van der Waals surface area contributed by atoms with E-state index in [0.29, 0.717) is 23.0 Å². The number of aryl methyl sites for hydroxylation is 1. The van der Waals surface area contributed by atoms with Crippen LogP contribution in [0.5, 0.6) is 5.75 Å². The second-order valence-corrected chi connectivity index (χ2v) is 6.51. The number of nitrogens with one attached hydrogen (secondary N) is 1. The van der Waals surface area contributed by atoms with Gasteiger partial charge in [0.1, 0.15) is 5.75 Å². The van der Waals surface area contributed by atoms with E-state index < -0.39 is 5.92 Å². The minimum atomic E-state index is -0.419. The number of halogens is 1. The number of nitrogens with zero attached hydrogens (tertiary/aromatic N) is 1. The molecule has 5 nitrogen and oxygen atoms in total. The molecular formula is C19H19ClN2O3. The molecule has 25 heavy (non-hydrogen) atoms. The molecule has 1 atom stereocenters. The number of benzene rings is 2.